The van der Waals surface area contributed by atoms with Crippen molar-refractivity contribution in [2.45, 2.75) is 19.1 Å². The number of carboxylic acids is 1. The third-order valence-electron chi connectivity index (χ3n) is 4.57. The first-order valence-corrected chi connectivity index (χ1v) is 11.7. The molecule has 0 radical (unpaired) electrons. The Kier molecular flexibility index (Phi) is 9.48. The van der Waals surface area contributed by atoms with Crippen molar-refractivity contribution in [3.8, 4) is 17.2 Å². The Balaban J connectivity index is 0.000000454. The lowest BCUT2D eigenvalue weighted by Crippen LogP contribution is -2.21. The van der Waals surface area contributed by atoms with Gasteiger partial charge in [-0.3, -0.25) is 0 Å². The van der Waals surface area contributed by atoms with Gasteiger partial charge in [-0.05, 0) is 54.9 Å². The highest BCUT2D eigenvalue weighted by Gasteiger charge is 2.38. The summed E-state index contributed by atoms with van der Waals surface area (Å²) in [6.07, 6.45) is -4.22. The number of aliphatic carboxylic acids is 1. The molecule has 0 saturated heterocycles. The van der Waals surface area contributed by atoms with Crippen molar-refractivity contribution in [2.75, 3.05) is 18.5 Å². The van der Waals surface area contributed by atoms with E-state index < -0.39 is 12.1 Å². The van der Waals surface area contributed by atoms with Crippen molar-refractivity contribution in [3.63, 3.8) is 0 Å². The van der Waals surface area contributed by atoms with Gasteiger partial charge in [0.25, 0.3) is 0 Å². The Hall–Kier alpha value is -3.83. The summed E-state index contributed by atoms with van der Waals surface area (Å²) in [7, 11) is 0. The Bertz CT molecular complexity index is 1250. The summed E-state index contributed by atoms with van der Waals surface area (Å²) in [6, 6.07) is 23.8. The maximum absolute atomic E-state index is 10.6. The lowest BCUT2D eigenvalue weighted by atomic mass is 10.2. The normalized spacial score (nSPS) is 10.9. The quantitative estimate of drug-likeness (QED) is 0.231. The fourth-order valence-electron chi connectivity index (χ4n) is 2.82. The van der Waals surface area contributed by atoms with Gasteiger partial charge in [-0.15, -0.1) is 0 Å². The highest BCUT2D eigenvalue weighted by atomic mass is 32.1. The number of hydrogen-bond acceptors (Lipinski definition) is 7. The molecule has 0 bridgehead atoms. The van der Waals surface area contributed by atoms with Crippen LogP contribution >= 0.6 is 11.3 Å². The van der Waals surface area contributed by atoms with Crippen LogP contribution in [0.4, 0.5) is 18.3 Å². The minimum atomic E-state index is -5.08. The number of benzene rings is 3. The minimum Gasteiger partial charge on any atom is -0.494 e. The molecule has 4 N–H and O–H groups in total. The average Bonchev–Trinajstić information content (AvgIpc) is 3.26. The van der Waals surface area contributed by atoms with E-state index in [9.17, 15) is 13.2 Å². The Morgan fingerprint density at radius 3 is 2.31 bits per heavy atom. The number of halogens is 3. The molecular weight excluding hydrogens is 495 g/mol. The number of ether oxygens (including phenoxy) is 2. The van der Waals surface area contributed by atoms with E-state index in [1.54, 1.807) is 11.3 Å². The fraction of sp³-hybridized carbons (Fsp3) is 0.200. The first-order chi connectivity index (χ1) is 17.2. The number of thiazole rings is 1. The monoisotopic (exact) mass is 519 g/mol. The second kappa shape index (κ2) is 12.8. The largest absolute Gasteiger partial charge is 0.494 e. The van der Waals surface area contributed by atoms with Gasteiger partial charge in [0.2, 0.25) is 0 Å². The van der Waals surface area contributed by atoms with E-state index in [2.05, 4.69) is 22.4 Å². The molecule has 4 rings (SSSR count). The fourth-order valence-corrected chi connectivity index (χ4v) is 3.71. The van der Waals surface area contributed by atoms with E-state index in [1.165, 1.54) is 5.56 Å². The van der Waals surface area contributed by atoms with Crippen molar-refractivity contribution in [1.82, 2.24) is 4.98 Å². The van der Waals surface area contributed by atoms with Gasteiger partial charge in [0.05, 0.1) is 16.8 Å². The lowest BCUT2D eigenvalue weighted by Gasteiger charge is -2.07. The number of rotatable bonds is 9. The van der Waals surface area contributed by atoms with Gasteiger partial charge in [0, 0.05) is 12.6 Å². The van der Waals surface area contributed by atoms with Crippen LogP contribution in [0.3, 0.4) is 0 Å². The number of nitrogens with one attached hydrogen (secondary N) is 1. The first-order valence-electron chi connectivity index (χ1n) is 10.8. The highest BCUT2D eigenvalue weighted by molar-refractivity contribution is 7.22. The standard InChI is InChI=1S/C23H23N3O2S.C2HF3O2/c24-13-4-14-27-18-9-7-17(8-10-18)16-25-23-26-21-12-11-20(15-22(21)29-23)28-19-5-2-1-3-6-19;3-2(4,5)1(6)7/h1-3,5-12,15H,4,13-14,16,24H2,(H,25,26);(H,6,7). The number of nitrogens with zero attached hydrogens (tertiary/aromatic N) is 1. The van der Waals surface area contributed by atoms with Gasteiger partial charge < -0.3 is 25.6 Å². The molecule has 0 spiro atoms. The molecule has 36 heavy (non-hydrogen) atoms. The molecule has 190 valence electrons. The van der Waals surface area contributed by atoms with Crippen molar-refractivity contribution in [1.29, 1.82) is 0 Å². The Morgan fingerprint density at radius 1 is 1.00 bits per heavy atom. The van der Waals surface area contributed by atoms with E-state index in [0.29, 0.717) is 19.7 Å². The van der Waals surface area contributed by atoms with E-state index in [-0.39, 0.29) is 0 Å². The molecule has 0 aliphatic rings. The van der Waals surface area contributed by atoms with Gasteiger partial charge >= 0.3 is 12.1 Å². The minimum absolute atomic E-state index is 0.643. The first kappa shape index (κ1) is 26.8. The highest BCUT2D eigenvalue weighted by Crippen LogP contribution is 2.31. The molecule has 0 amide bonds. The second-order valence-electron chi connectivity index (χ2n) is 7.35. The van der Waals surface area contributed by atoms with Crippen molar-refractivity contribution >= 4 is 32.7 Å². The van der Waals surface area contributed by atoms with Crippen LogP contribution < -0.4 is 20.5 Å². The molecule has 1 aromatic heterocycles. The van der Waals surface area contributed by atoms with Crippen molar-refractivity contribution in [2.24, 2.45) is 5.73 Å². The molecule has 0 atom stereocenters. The molecule has 7 nitrogen and oxygen atoms in total. The summed E-state index contributed by atoms with van der Waals surface area (Å²) in [6.45, 7) is 2.00. The zero-order valence-electron chi connectivity index (χ0n) is 19.0. The molecule has 0 aliphatic heterocycles. The number of carboxylic acid groups (broad SMARTS) is 1. The topological polar surface area (TPSA) is 107 Å². The Labute approximate surface area is 209 Å². The maximum atomic E-state index is 10.6. The van der Waals surface area contributed by atoms with Crippen LogP contribution in [0.2, 0.25) is 0 Å². The summed E-state index contributed by atoms with van der Waals surface area (Å²) >= 11 is 1.62. The third kappa shape index (κ3) is 8.43. The van der Waals surface area contributed by atoms with Gasteiger partial charge in [-0.1, -0.05) is 41.7 Å². The molecule has 1 heterocycles. The van der Waals surface area contributed by atoms with Gasteiger partial charge in [0.15, 0.2) is 5.13 Å². The van der Waals surface area contributed by atoms with Crippen molar-refractivity contribution < 1.29 is 32.5 Å². The summed E-state index contributed by atoms with van der Waals surface area (Å²) < 4.78 is 44.4. The van der Waals surface area contributed by atoms with Gasteiger partial charge in [-0.2, -0.15) is 13.2 Å². The van der Waals surface area contributed by atoms with E-state index >= 15 is 0 Å². The summed E-state index contributed by atoms with van der Waals surface area (Å²) in [5, 5.41) is 11.4. The Morgan fingerprint density at radius 2 is 1.67 bits per heavy atom. The van der Waals surface area contributed by atoms with Crippen molar-refractivity contribution in [3.05, 3.63) is 78.4 Å². The number of nitrogens with two attached hydrogens (primary N) is 1. The zero-order valence-corrected chi connectivity index (χ0v) is 19.8. The lowest BCUT2D eigenvalue weighted by molar-refractivity contribution is -0.192. The number of aromatic nitrogens is 1. The molecule has 0 fully saturated rings. The second-order valence-corrected chi connectivity index (χ2v) is 8.39. The van der Waals surface area contributed by atoms with Crippen LogP contribution in [0.5, 0.6) is 17.2 Å². The molecular formula is C25H24F3N3O4S. The smallest absolute Gasteiger partial charge is 0.490 e. The zero-order chi connectivity index (χ0) is 26.0. The SMILES string of the molecule is NCCCOc1ccc(CNc2nc3ccc(Oc4ccccc4)cc3s2)cc1.O=C(O)C(F)(F)F. The molecule has 0 aliphatic carbocycles. The number of anilines is 1. The molecule has 3 aromatic carbocycles. The van der Waals surface area contributed by atoms with E-state index in [0.717, 1.165) is 39.0 Å². The van der Waals surface area contributed by atoms with Crippen LogP contribution in [-0.4, -0.2) is 35.4 Å². The number of para-hydroxylation sites is 1. The number of alkyl halides is 3. The third-order valence-corrected chi connectivity index (χ3v) is 5.54. The molecule has 11 heteroatoms. The number of hydrogen-bond donors (Lipinski definition) is 3. The van der Waals surface area contributed by atoms with Gasteiger partial charge in [0.1, 0.15) is 17.2 Å². The molecule has 0 unspecified atom stereocenters. The molecule has 0 saturated carbocycles. The van der Waals surface area contributed by atoms with E-state index in [1.807, 2.05) is 60.7 Å². The predicted octanol–water partition coefficient (Wildman–Crippen LogP) is 6.06. The van der Waals surface area contributed by atoms with Crippen LogP contribution in [0.1, 0.15) is 12.0 Å². The van der Waals surface area contributed by atoms with Crippen LogP contribution in [0.15, 0.2) is 72.8 Å². The summed E-state index contributed by atoms with van der Waals surface area (Å²) in [5.41, 5.74) is 7.61. The van der Waals surface area contributed by atoms with Crippen LogP contribution in [-0.2, 0) is 11.3 Å². The summed E-state index contributed by atoms with van der Waals surface area (Å²) in [5.74, 6) is -0.255. The average molecular weight is 520 g/mol. The molecule has 4 aromatic rings. The summed E-state index contributed by atoms with van der Waals surface area (Å²) in [4.78, 5) is 13.6. The predicted molar refractivity (Wildman–Crippen MR) is 133 cm³/mol. The maximum Gasteiger partial charge on any atom is 0.490 e. The van der Waals surface area contributed by atoms with Gasteiger partial charge in [-0.25, -0.2) is 9.78 Å². The van der Waals surface area contributed by atoms with Crippen LogP contribution in [0, 0.1) is 0 Å². The number of fused-ring (bicyclic) bond motifs is 1. The van der Waals surface area contributed by atoms with Crippen LogP contribution in [0.25, 0.3) is 10.2 Å². The van der Waals surface area contributed by atoms with E-state index in [4.69, 9.17) is 25.1 Å². The number of carbonyl (C=O) groups is 1.